The van der Waals surface area contributed by atoms with Crippen LogP contribution in [0.15, 0.2) is 18.2 Å². The van der Waals surface area contributed by atoms with Crippen LogP contribution >= 0.6 is 0 Å². The summed E-state index contributed by atoms with van der Waals surface area (Å²) in [6.45, 7) is 2.79. The van der Waals surface area contributed by atoms with Crippen LogP contribution in [-0.2, 0) is 0 Å². The lowest BCUT2D eigenvalue weighted by atomic mass is 9.94. The van der Waals surface area contributed by atoms with E-state index in [2.05, 4.69) is 10.2 Å². The molecule has 2 atom stereocenters. The summed E-state index contributed by atoms with van der Waals surface area (Å²) < 4.78 is 5.08. The molecule has 2 heterocycles. The van der Waals surface area contributed by atoms with Crippen molar-refractivity contribution in [1.29, 1.82) is 0 Å². The first-order chi connectivity index (χ1) is 9.69. The second-order valence-electron chi connectivity index (χ2n) is 5.48. The molecule has 2 aliphatic heterocycles. The van der Waals surface area contributed by atoms with E-state index in [4.69, 9.17) is 4.74 Å². The van der Waals surface area contributed by atoms with Crippen molar-refractivity contribution in [3.05, 3.63) is 28.3 Å². The molecule has 0 saturated carbocycles. The molecule has 2 aliphatic rings. The molecule has 0 amide bonds. The molecule has 0 radical (unpaired) electrons. The number of nitrogens with zero attached hydrogens (tertiary/aromatic N) is 2. The van der Waals surface area contributed by atoms with Gasteiger partial charge in [-0.2, -0.15) is 0 Å². The fraction of sp³-hybridized carbons (Fsp3) is 0.571. The maximum Gasteiger partial charge on any atom is 0.296 e. The number of hydrogen-bond acceptors (Lipinski definition) is 5. The van der Waals surface area contributed by atoms with Gasteiger partial charge in [0.1, 0.15) is 11.4 Å². The maximum atomic E-state index is 11.3. The third-order valence-corrected chi connectivity index (χ3v) is 4.32. The number of methoxy groups -OCH3 is 1. The average molecular weight is 277 g/mol. The van der Waals surface area contributed by atoms with Crippen molar-refractivity contribution < 1.29 is 9.66 Å². The smallest absolute Gasteiger partial charge is 0.296 e. The molecule has 0 spiro atoms. The van der Waals surface area contributed by atoms with Gasteiger partial charge in [0.05, 0.1) is 18.1 Å². The zero-order valence-corrected chi connectivity index (χ0v) is 11.5. The van der Waals surface area contributed by atoms with Crippen molar-refractivity contribution in [2.75, 3.05) is 31.6 Å². The second kappa shape index (κ2) is 5.28. The van der Waals surface area contributed by atoms with Crippen LogP contribution in [0, 0.1) is 16.0 Å². The normalized spacial score (nSPS) is 25.4. The summed E-state index contributed by atoms with van der Waals surface area (Å²) >= 11 is 0. The molecular weight excluding hydrogens is 258 g/mol. The zero-order chi connectivity index (χ0) is 14.1. The first-order valence-electron chi connectivity index (χ1n) is 7.00. The first kappa shape index (κ1) is 13.2. The van der Waals surface area contributed by atoms with E-state index in [-0.39, 0.29) is 10.6 Å². The van der Waals surface area contributed by atoms with Crippen molar-refractivity contribution in [2.24, 2.45) is 5.92 Å². The van der Waals surface area contributed by atoms with Crippen molar-refractivity contribution in [3.63, 3.8) is 0 Å². The molecule has 6 heteroatoms. The van der Waals surface area contributed by atoms with E-state index in [1.54, 1.807) is 12.1 Å². The Hall–Kier alpha value is -1.82. The van der Waals surface area contributed by atoms with Gasteiger partial charge in [0.15, 0.2) is 0 Å². The van der Waals surface area contributed by atoms with Crippen LogP contribution in [-0.4, -0.2) is 37.7 Å². The Bertz CT molecular complexity index is 506. The van der Waals surface area contributed by atoms with Gasteiger partial charge in [-0.05, 0) is 37.4 Å². The van der Waals surface area contributed by atoms with E-state index in [9.17, 15) is 10.1 Å². The predicted octanol–water partition coefficient (Wildman–Crippen LogP) is 1.79. The Morgan fingerprint density at radius 1 is 1.45 bits per heavy atom. The fourth-order valence-corrected chi connectivity index (χ4v) is 3.29. The number of fused-ring (bicyclic) bond motifs is 1. The first-order valence-corrected chi connectivity index (χ1v) is 7.00. The summed E-state index contributed by atoms with van der Waals surface area (Å²) in [6.07, 6.45) is 2.40. The number of benzene rings is 1. The monoisotopic (exact) mass is 277 g/mol. The van der Waals surface area contributed by atoms with E-state index in [1.165, 1.54) is 26.0 Å². The van der Waals surface area contributed by atoms with Gasteiger partial charge in [-0.3, -0.25) is 10.1 Å². The minimum atomic E-state index is -0.326. The second-order valence-corrected chi connectivity index (χ2v) is 5.48. The number of piperidine rings is 1. The highest BCUT2D eigenvalue weighted by atomic mass is 16.6. The highest BCUT2D eigenvalue weighted by molar-refractivity contribution is 5.66. The zero-order valence-electron chi connectivity index (χ0n) is 11.5. The number of anilines is 1. The molecule has 108 valence electrons. The Kier molecular flexibility index (Phi) is 3.48. The van der Waals surface area contributed by atoms with Gasteiger partial charge in [0.25, 0.3) is 5.69 Å². The molecule has 1 aromatic rings. The van der Waals surface area contributed by atoms with Crippen LogP contribution in [0.25, 0.3) is 0 Å². The molecule has 6 nitrogen and oxygen atoms in total. The fourth-order valence-electron chi connectivity index (χ4n) is 3.29. The topological polar surface area (TPSA) is 67.6 Å². The lowest BCUT2D eigenvalue weighted by Crippen LogP contribution is -2.40. The van der Waals surface area contributed by atoms with Gasteiger partial charge in [-0.25, -0.2) is 0 Å². The number of hydrogen-bond donors (Lipinski definition) is 1. The molecular formula is C14H19N3O3. The lowest BCUT2D eigenvalue weighted by molar-refractivity contribution is -0.384. The van der Waals surface area contributed by atoms with E-state index < -0.39 is 0 Å². The largest absolute Gasteiger partial charge is 0.496 e. The third kappa shape index (κ3) is 2.31. The molecule has 0 unspecified atom stereocenters. The standard InChI is InChI=1S/C14H19N3O3/c1-20-11-4-5-13(14(7-11)17(18)19)16-8-10-3-2-6-15-12(10)9-16/h4-5,7,10,12,15H,2-3,6,8-9H2,1H3/t10-,12+/m0/s1. The van der Waals surface area contributed by atoms with Crippen molar-refractivity contribution in [2.45, 2.75) is 18.9 Å². The Labute approximate surface area is 117 Å². The molecule has 2 fully saturated rings. The Morgan fingerprint density at radius 3 is 3.00 bits per heavy atom. The molecule has 20 heavy (non-hydrogen) atoms. The van der Waals surface area contributed by atoms with Gasteiger partial charge in [-0.15, -0.1) is 0 Å². The predicted molar refractivity (Wildman–Crippen MR) is 76.4 cm³/mol. The van der Waals surface area contributed by atoms with E-state index in [0.717, 1.165) is 19.6 Å². The summed E-state index contributed by atoms with van der Waals surface area (Å²) in [7, 11) is 1.52. The van der Waals surface area contributed by atoms with E-state index >= 15 is 0 Å². The number of nitro groups is 1. The number of ether oxygens (including phenoxy) is 1. The molecule has 1 N–H and O–H groups in total. The quantitative estimate of drug-likeness (QED) is 0.674. The minimum Gasteiger partial charge on any atom is -0.496 e. The van der Waals surface area contributed by atoms with Crippen LogP contribution in [0.5, 0.6) is 5.75 Å². The third-order valence-electron chi connectivity index (χ3n) is 4.32. The van der Waals surface area contributed by atoms with Gasteiger partial charge >= 0.3 is 0 Å². The summed E-state index contributed by atoms with van der Waals surface area (Å²) in [4.78, 5) is 13.1. The van der Waals surface area contributed by atoms with Crippen LogP contribution in [0.3, 0.4) is 0 Å². The van der Waals surface area contributed by atoms with Crippen molar-refractivity contribution >= 4 is 11.4 Å². The van der Waals surface area contributed by atoms with Crippen LogP contribution in [0.4, 0.5) is 11.4 Å². The summed E-state index contributed by atoms with van der Waals surface area (Å²) in [5.74, 6) is 1.13. The van der Waals surface area contributed by atoms with Gasteiger partial charge in [0, 0.05) is 19.1 Å². The summed E-state index contributed by atoms with van der Waals surface area (Å²) in [5.41, 5.74) is 0.829. The van der Waals surface area contributed by atoms with Gasteiger partial charge in [-0.1, -0.05) is 0 Å². The highest BCUT2D eigenvalue weighted by Crippen LogP contribution is 2.36. The number of nitrogens with one attached hydrogen (secondary N) is 1. The van der Waals surface area contributed by atoms with Gasteiger partial charge in [0.2, 0.25) is 0 Å². The van der Waals surface area contributed by atoms with Gasteiger partial charge < -0.3 is 15.0 Å². The molecule has 2 saturated heterocycles. The van der Waals surface area contributed by atoms with Crippen molar-refractivity contribution in [1.82, 2.24) is 5.32 Å². The van der Waals surface area contributed by atoms with Crippen LogP contribution in [0.2, 0.25) is 0 Å². The SMILES string of the molecule is COc1ccc(N2C[C@@H]3CCCN[C@@H]3C2)c([N+](=O)[O-])c1. The number of rotatable bonds is 3. The lowest BCUT2D eigenvalue weighted by Gasteiger charge is -2.24. The Morgan fingerprint density at radius 2 is 2.30 bits per heavy atom. The van der Waals surface area contributed by atoms with Crippen LogP contribution in [0.1, 0.15) is 12.8 Å². The molecule has 0 aliphatic carbocycles. The molecule has 1 aromatic carbocycles. The Balaban J connectivity index is 1.88. The molecule has 3 rings (SSSR count). The summed E-state index contributed by atoms with van der Waals surface area (Å²) in [5, 5.41) is 14.8. The molecule has 0 bridgehead atoms. The van der Waals surface area contributed by atoms with Crippen LogP contribution < -0.4 is 15.0 Å². The van der Waals surface area contributed by atoms with E-state index in [0.29, 0.717) is 23.4 Å². The molecule has 0 aromatic heterocycles. The van der Waals surface area contributed by atoms with E-state index in [1.807, 2.05) is 0 Å². The highest BCUT2D eigenvalue weighted by Gasteiger charge is 2.36. The maximum absolute atomic E-state index is 11.3. The summed E-state index contributed by atoms with van der Waals surface area (Å²) in [6, 6.07) is 5.56. The minimum absolute atomic E-state index is 0.128. The number of nitro benzene ring substituents is 1. The average Bonchev–Trinajstić information content (AvgIpc) is 2.90. The van der Waals surface area contributed by atoms with Crippen molar-refractivity contribution in [3.8, 4) is 5.75 Å².